The van der Waals surface area contributed by atoms with Gasteiger partial charge >= 0.3 is 5.97 Å². The van der Waals surface area contributed by atoms with E-state index in [4.69, 9.17) is 26.0 Å². The number of carboxylic acids is 1. The highest BCUT2D eigenvalue weighted by molar-refractivity contribution is 5.92. The number of aliphatic carboxylic acids is 1. The lowest BCUT2D eigenvalue weighted by Gasteiger charge is -2.42. The fraction of sp³-hybridized carbons (Fsp3) is 0.800. The van der Waals surface area contributed by atoms with Gasteiger partial charge in [0.2, 0.25) is 17.7 Å². The van der Waals surface area contributed by atoms with Gasteiger partial charge in [0.15, 0.2) is 6.29 Å². The third kappa shape index (κ3) is 8.64. The van der Waals surface area contributed by atoms with Crippen LogP contribution in [0.15, 0.2) is 0 Å². The summed E-state index contributed by atoms with van der Waals surface area (Å²) in [7, 11) is 0. The monoisotopic (exact) mass is 508 g/mol. The van der Waals surface area contributed by atoms with Crippen molar-refractivity contribution in [3.63, 3.8) is 0 Å². The molecule has 1 unspecified atom stereocenters. The van der Waals surface area contributed by atoms with Crippen molar-refractivity contribution in [3.8, 4) is 0 Å². The van der Waals surface area contributed by atoms with Gasteiger partial charge in [-0.2, -0.15) is 0 Å². The van der Waals surface area contributed by atoms with Crippen LogP contribution in [0.25, 0.3) is 0 Å². The molecule has 0 aromatic carbocycles. The Morgan fingerprint density at radius 3 is 2.26 bits per heavy atom. The second kappa shape index (κ2) is 13.6. The molecule has 9 atom stereocenters. The Labute approximate surface area is 202 Å². The number of primary amides is 1. The third-order valence-electron chi connectivity index (χ3n) is 5.49. The van der Waals surface area contributed by atoms with Gasteiger partial charge in [-0.1, -0.05) is 0 Å². The van der Waals surface area contributed by atoms with Crippen molar-refractivity contribution in [1.82, 2.24) is 10.2 Å². The summed E-state index contributed by atoms with van der Waals surface area (Å²) in [6.45, 7) is 2.76. The summed E-state index contributed by atoms with van der Waals surface area (Å²) in [6, 6.07) is -4.16. The minimum Gasteiger partial charge on any atom is -0.481 e. The molecule has 15 heteroatoms. The predicted octanol–water partition coefficient (Wildman–Crippen LogP) is -4.41. The van der Waals surface area contributed by atoms with Crippen molar-refractivity contribution in [3.05, 3.63) is 0 Å². The zero-order valence-electron chi connectivity index (χ0n) is 19.8. The molecule has 15 nitrogen and oxygen atoms in total. The SMILES string of the molecule is CC(=O)N[C@H](C(=O)N(CC(C)O[C@@H]1[C@@H](N)[C@@H](O)O[C@H](CO)[C@H]1O)[C@H](CCC(=O)O)C(N)=O)[C@@H](C)O. The van der Waals surface area contributed by atoms with Crippen molar-refractivity contribution < 1.29 is 54.2 Å². The van der Waals surface area contributed by atoms with Gasteiger partial charge < -0.3 is 56.7 Å². The molecule has 10 N–H and O–H groups in total. The summed E-state index contributed by atoms with van der Waals surface area (Å²) in [5.74, 6) is -3.85. The Hall–Kier alpha value is -2.40. The molecular formula is C20H36N4O11. The third-order valence-corrected chi connectivity index (χ3v) is 5.49. The Morgan fingerprint density at radius 1 is 1.20 bits per heavy atom. The van der Waals surface area contributed by atoms with Gasteiger partial charge in [0.05, 0.1) is 24.9 Å². The number of hydrogen-bond donors (Lipinski definition) is 8. The van der Waals surface area contributed by atoms with Gasteiger partial charge in [-0.25, -0.2) is 0 Å². The fourth-order valence-corrected chi connectivity index (χ4v) is 3.73. The second-order valence-electron chi connectivity index (χ2n) is 8.49. The largest absolute Gasteiger partial charge is 0.481 e. The van der Waals surface area contributed by atoms with E-state index in [2.05, 4.69) is 5.32 Å². The van der Waals surface area contributed by atoms with E-state index in [-0.39, 0.29) is 6.42 Å². The number of hydrogen-bond acceptors (Lipinski definition) is 11. The van der Waals surface area contributed by atoms with Crippen LogP contribution in [0.4, 0.5) is 0 Å². The molecule has 35 heavy (non-hydrogen) atoms. The van der Waals surface area contributed by atoms with Crippen LogP contribution in [0.3, 0.4) is 0 Å². The van der Waals surface area contributed by atoms with E-state index in [0.29, 0.717) is 0 Å². The highest BCUT2D eigenvalue weighted by Gasteiger charge is 2.45. The normalized spacial score (nSPS) is 27.8. The quantitative estimate of drug-likeness (QED) is 0.117. The maximum atomic E-state index is 13.3. The highest BCUT2D eigenvalue weighted by Crippen LogP contribution is 2.23. The lowest BCUT2D eigenvalue weighted by molar-refractivity contribution is -0.263. The van der Waals surface area contributed by atoms with E-state index >= 15 is 0 Å². The molecule has 0 spiro atoms. The van der Waals surface area contributed by atoms with Crippen LogP contribution < -0.4 is 16.8 Å². The summed E-state index contributed by atoms with van der Waals surface area (Å²) < 4.78 is 10.7. The van der Waals surface area contributed by atoms with Crippen LogP contribution in [-0.4, -0.2) is 122 Å². The summed E-state index contributed by atoms with van der Waals surface area (Å²) in [5, 5.41) is 51.1. The number of aliphatic hydroxyl groups is 4. The van der Waals surface area contributed by atoms with E-state index in [1.807, 2.05) is 0 Å². The molecule has 0 aromatic rings. The number of nitrogens with two attached hydrogens (primary N) is 2. The first kappa shape index (κ1) is 30.6. The van der Waals surface area contributed by atoms with Gasteiger partial charge in [0, 0.05) is 19.9 Å². The van der Waals surface area contributed by atoms with Crippen molar-refractivity contribution in [1.29, 1.82) is 0 Å². The van der Waals surface area contributed by atoms with E-state index in [1.54, 1.807) is 0 Å². The first-order chi connectivity index (χ1) is 16.2. The molecule has 0 aliphatic carbocycles. The lowest BCUT2D eigenvalue weighted by atomic mass is 9.97. The van der Waals surface area contributed by atoms with Gasteiger partial charge in [-0.15, -0.1) is 0 Å². The van der Waals surface area contributed by atoms with Crippen LogP contribution in [0, 0.1) is 0 Å². The molecule has 1 heterocycles. The number of nitrogens with zero attached hydrogens (tertiary/aromatic N) is 1. The number of ether oxygens (including phenoxy) is 2. The topological polar surface area (TPSA) is 255 Å². The van der Waals surface area contributed by atoms with Crippen molar-refractivity contribution in [2.24, 2.45) is 11.5 Å². The molecule has 202 valence electrons. The zero-order valence-corrected chi connectivity index (χ0v) is 19.8. The molecule has 0 saturated carbocycles. The van der Waals surface area contributed by atoms with Crippen LogP contribution in [0.5, 0.6) is 0 Å². The number of carboxylic acid groups (broad SMARTS) is 1. The minimum atomic E-state index is -1.57. The number of aliphatic hydroxyl groups excluding tert-OH is 4. The molecular weight excluding hydrogens is 472 g/mol. The second-order valence-corrected chi connectivity index (χ2v) is 8.49. The number of carbonyl (C=O) groups is 4. The maximum Gasteiger partial charge on any atom is 0.303 e. The maximum absolute atomic E-state index is 13.3. The van der Waals surface area contributed by atoms with Gasteiger partial charge in [-0.05, 0) is 20.3 Å². The number of amides is 3. The van der Waals surface area contributed by atoms with E-state index in [0.717, 1.165) is 11.8 Å². The number of carbonyl (C=O) groups excluding carboxylic acids is 3. The molecule has 1 aliphatic heterocycles. The highest BCUT2D eigenvalue weighted by atomic mass is 16.6. The van der Waals surface area contributed by atoms with Crippen LogP contribution in [0.2, 0.25) is 0 Å². The molecule has 1 rings (SSSR count). The summed E-state index contributed by atoms with van der Waals surface area (Å²) in [5.41, 5.74) is 11.3. The Balaban J connectivity index is 3.24. The zero-order chi connectivity index (χ0) is 27.0. The molecule has 1 saturated heterocycles. The van der Waals surface area contributed by atoms with Crippen molar-refractivity contribution >= 4 is 23.7 Å². The summed E-state index contributed by atoms with van der Waals surface area (Å²) >= 11 is 0. The van der Waals surface area contributed by atoms with E-state index in [9.17, 15) is 39.6 Å². The Bertz CT molecular complexity index is 753. The average Bonchev–Trinajstić information content (AvgIpc) is 2.75. The lowest BCUT2D eigenvalue weighted by Crippen LogP contribution is -2.64. The van der Waals surface area contributed by atoms with Crippen molar-refractivity contribution in [2.75, 3.05) is 13.2 Å². The van der Waals surface area contributed by atoms with Gasteiger partial charge in [-0.3, -0.25) is 19.2 Å². The van der Waals surface area contributed by atoms with Crippen LogP contribution in [-0.2, 0) is 28.7 Å². The first-order valence-corrected chi connectivity index (χ1v) is 11.0. The fourth-order valence-electron chi connectivity index (χ4n) is 3.73. The predicted molar refractivity (Wildman–Crippen MR) is 117 cm³/mol. The molecule has 1 fully saturated rings. The Morgan fingerprint density at radius 2 is 1.80 bits per heavy atom. The number of rotatable bonds is 13. The number of nitrogens with one attached hydrogen (secondary N) is 1. The van der Waals surface area contributed by atoms with Gasteiger partial charge in [0.25, 0.3) is 0 Å². The average molecular weight is 509 g/mol. The summed E-state index contributed by atoms with van der Waals surface area (Å²) in [6.07, 6.45) is -8.73. The van der Waals surface area contributed by atoms with Gasteiger partial charge in [0.1, 0.15) is 30.4 Å². The van der Waals surface area contributed by atoms with E-state index < -0.39 is 98.2 Å². The minimum absolute atomic E-state index is 0.361. The van der Waals surface area contributed by atoms with Crippen LogP contribution >= 0.6 is 0 Å². The summed E-state index contributed by atoms with van der Waals surface area (Å²) in [4.78, 5) is 49.0. The smallest absolute Gasteiger partial charge is 0.303 e. The molecule has 3 amide bonds. The molecule has 0 bridgehead atoms. The van der Waals surface area contributed by atoms with Crippen LogP contribution in [0.1, 0.15) is 33.6 Å². The van der Waals surface area contributed by atoms with E-state index in [1.165, 1.54) is 13.8 Å². The molecule has 0 aromatic heterocycles. The first-order valence-electron chi connectivity index (χ1n) is 11.0. The Kier molecular flexibility index (Phi) is 11.9. The van der Waals surface area contributed by atoms with Crippen molar-refractivity contribution in [2.45, 2.75) is 88.5 Å². The molecule has 1 aliphatic rings. The standard InChI is InChI=1S/C20H36N4O11/c1-8(34-17-14(21)20(33)35-12(7-25)16(17)30)6-24(11(18(22)31)4-5-13(28)29)19(32)15(9(2)26)23-10(3)27/h8-9,11-12,14-17,20,25-26,30,33H,4-7,21H2,1-3H3,(H2,22,31)(H,23,27)(H,28,29)/t8?,9-,11-,12-,14-,15+,16-,17-,20+/m1/s1. The molecule has 0 radical (unpaired) electrons.